The molecular formula is C10H8N2OS. The maximum Gasteiger partial charge on any atom is 0.184 e. The SMILES string of the molecule is O=C1CC=CC2=C1N1CC=CN=C1S2. The number of hydrogen-bond acceptors (Lipinski definition) is 4. The number of fused-ring (bicyclic) bond motifs is 2. The van der Waals surface area contributed by atoms with Gasteiger partial charge >= 0.3 is 0 Å². The molecule has 0 saturated carbocycles. The van der Waals surface area contributed by atoms with Gasteiger partial charge in [0.05, 0.1) is 0 Å². The zero-order valence-electron chi connectivity index (χ0n) is 7.43. The van der Waals surface area contributed by atoms with Crippen molar-refractivity contribution in [3.8, 4) is 0 Å². The predicted octanol–water partition coefficient (Wildman–Crippen LogP) is 1.66. The third-order valence-electron chi connectivity index (χ3n) is 2.35. The average molecular weight is 204 g/mol. The minimum absolute atomic E-state index is 0.204. The first-order valence-electron chi connectivity index (χ1n) is 4.48. The first-order valence-corrected chi connectivity index (χ1v) is 5.30. The summed E-state index contributed by atoms with van der Waals surface area (Å²) in [5.41, 5.74) is 0.834. The molecule has 70 valence electrons. The number of ketones is 1. The second-order valence-electron chi connectivity index (χ2n) is 3.25. The van der Waals surface area contributed by atoms with Gasteiger partial charge in [0.25, 0.3) is 0 Å². The quantitative estimate of drug-likeness (QED) is 0.601. The summed E-state index contributed by atoms with van der Waals surface area (Å²) >= 11 is 1.58. The van der Waals surface area contributed by atoms with Crippen molar-refractivity contribution in [2.24, 2.45) is 4.99 Å². The Hall–Kier alpha value is -1.29. The van der Waals surface area contributed by atoms with Crippen LogP contribution < -0.4 is 0 Å². The first kappa shape index (κ1) is 8.05. The molecule has 0 amide bonds. The molecule has 4 heteroatoms. The van der Waals surface area contributed by atoms with Gasteiger partial charge in [-0.1, -0.05) is 6.08 Å². The van der Waals surface area contributed by atoms with Gasteiger partial charge in [0.15, 0.2) is 11.0 Å². The molecule has 14 heavy (non-hydrogen) atoms. The van der Waals surface area contributed by atoms with E-state index in [1.54, 1.807) is 18.0 Å². The molecule has 1 aliphatic carbocycles. The van der Waals surface area contributed by atoms with Crippen LogP contribution in [0, 0.1) is 0 Å². The fourth-order valence-electron chi connectivity index (χ4n) is 1.74. The van der Waals surface area contributed by atoms with E-state index in [4.69, 9.17) is 0 Å². The van der Waals surface area contributed by atoms with Crippen LogP contribution in [0.3, 0.4) is 0 Å². The number of rotatable bonds is 0. The van der Waals surface area contributed by atoms with E-state index >= 15 is 0 Å². The number of allylic oxidation sites excluding steroid dienone is 3. The molecule has 0 aromatic rings. The lowest BCUT2D eigenvalue weighted by Crippen LogP contribution is -2.30. The summed E-state index contributed by atoms with van der Waals surface area (Å²) < 4.78 is 0. The number of amidine groups is 1. The summed E-state index contributed by atoms with van der Waals surface area (Å²) in [5, 5.41) is 0.928. The minimum Gasteiger partial charge on any atom is -0.313 e. The van der Waals surface area contributed by atoms with Crippen LogP contribution in [-0.2, 0) is 4.79 Å². The third kappa shape index (κ3) is 1.00. The number of Topliss-reactive ketones (excluding diaryl/α,β-unsaturated/α-hetero) is 1. The van der Waals surface area contributed by atoms with E-state index in [0.717, 1.165) is 22.3 Å². The third-order valence-corrected chi connectivity index (χ3v) is 3.41. The zero-order chi connectivity index (χ0) is 9.54. The number of aliphatic imine (C=N–C) groups is 1. The normalized spacial score (nSPS) is 23.9. The summed E-state index contributed by atoms with van der Waals surface area (Å²) in [6.07, 6.45) is 8.22. The lowest BCUT2D eigenvalue weighted by molar-refractivity contribution is -0.115. The van der Waals surface area contributed by atoms with Crippen molar-refractivity contribution >= 4 is 22.7 Å². The minimum atomic E-state index is 0.204. The molecule has 0 N–H and O–H groups in total. The molecular weight excluding hydrogens is 196 g/mol. The Morgan fingerprint density at radius 2 is 2.36 bits per heavy atom. The van der Waals surface area contributed by atoms with E-state index in [1.807, 2.05) is 23.1 Å². The standard InChI is InChI=1S/C10H8N2OS/c13-7-3-1-4-8-9(7)12-6-2-5-11-10(12)14-8/h1-2,4-5H,3,6H2. The molecule has 2 heterocycles. The zero-order valence-corrected chi connectivity index (χ0v) is 8.25. The second kappa shape index (κ2) is 2.85. The lowest BCUT2D eigenvalue weighted by atomic mass is 10.1. The number of nitrogens with zero attached hydrogens (tertiary/aromatic N) is 2. The molecule has 0 aromatic carbocycles. The van der Waals surface area contributed by atoms with Crippen molar-refractivity contribution < 1.29 is 4.79 Å². The van der Waals surface area contributed by atoms with Crippen LogP contribution >= 0.6 is 11.8 Å². The van der Waals surface area contributed by atoms with Crippen molar-refractivity contribution in [1.82, 2.24) is 4.90 Å². The molecule has 0 aromatic heterocycles. The largest absolute Gasteiger partial charge is 0.313 e. The van der Waals surface area contributed by atoms with Gasteiger partial charge in [0.1, 0.15) is 5.70 Å². The fourth-order valence-corrected chi connectivity index (χ4v) is 2.81. The molecule has 3 aliphatic rings. The highest BCUT2D eigenvalue weighted by molar-refractivity contribution is 8.17. The van der Waals surface area contributed by atoms with Crippen LogP contribution in [0.15, 0.2) is 40.0 Å². The van der Waals surface area contributed by atoms with Crippen molar-refractivity contribution in [2.45, 2.75) is 6.42 Å². The Kier molecular flexibility index (Phi) is 1.64. The summed E-state index contributed by atoms with van der Waals surface area (Å²) in [6, 6.07) is 0. The number of carbonyl (C=O) groups excluding carboxylic acids is 1. The van der Waals surface area contributed by atoms with Gasteiger partial charge in [-0.25, -0.2) is 4.99 Å². The Bertz CT molecular complexity index is 431. The highest BCUT2D eigenvalue weighted by Gasteiger charge is 2.33. The Morgan fingerprint density at radius 3 is 3.29 bits per heavy atom. The lowest BCUT2D eigenvalue weighted by Gasteiger charge is -2.21. The van der Waals surface area contributed by atoms with Crippen LogP contribution in [0.2, 0.25) is 0 Å². The molecule has 0 atom stereocenters. The molecule has 0 spiro atoms. The van der Waals surface area contributed by atoms with Crippen molar-refractivity contribution in [2.75, 3.05) is 6.54 Å². The summed E-state index contributed by atoms with van der Waals surface area (Å²) in [5.74, 6) is 0.204. The topological polar surface area (TPSA) is 32.7 Å². The predicted molar refractivity (Wildman–Crippen MR) is 56.7 cm³/mol. The van der Waals surface area contributed by atoms with Gasteiger partial charge in [-0.15, -0.1) is 0 Å². The van der Waals surface area contributed by atoms with Gasteiger partial charge in [0.2, 0.25) is 0 Å². The number of hydrogen-bond donors (Lipinski definition) is 0. The van der Waals surface area contributed by atoms with Gasteiger partial charge in [-0.05, 0) is 23.9 Å². The molecule has 0 bridgehead atoms. The highest BCUT2D eigenvalue weighted by atomic mass is 32.2. The van der Waals surface area contributed by atoms with E-state index in [2.05, 4.69) is 4.99 Å². The smallest absolute Gasteiger partial charge is 0.184 e. The number of carbonyl (C=O) groups is 1. The molecule has 0 unspecified atom stereocenters. The molecule has 3 nitrogen and oxygen atoms in total. The maximum atomic E-state index is 11.7. The van der Waals surface area contributed by atoms with Crippen molar-refractivity contribution in [1.29, 1.82) is 0 Å². The van der Waals surface area contributed by atoms with Crippen LogP contribution in [0.25, 0.3) is 0 Å². The van der Waals surface area contributed by atoms with Crippen LogP contribution in [0.1, 0.15) is 6.42 Å². The van der Waals surface area contributed by atoms with Gasteiger partial charge in [-0.2, -0.15) is 0 Å². The van der Waals surface area contributed by atoms with E-state index < -0.39 is 0 Å². The van der Waals surface area contributed by atoms with Crippen molar-refractivity contribution in [3.05, 3.63) is 35.0 Å². The summed E-state index contributed by atoms with van der Waals surface area (Å²) in [6.45, 7) is 0.768. The van der Waals surface area contributed by atoms with Crippen LogP contribution in [0.5, 0.6) is 0 Å². The Labute approximate surface area is 85.9 Å². The van der Waals surface area contributed by atoms with Gasteiger partial charge < -0.3 is 4.90 Å². The van der Waals surface area contributed by atoms with E-state index in [-0.39, 0.29) is 5.78 Å². The Balaban J connectivity index is 2.08. The first-order chi connectivity index (χ1) is 6.86. The molecule has 2 aliphatic heterocycles. The second-order valence-corrected chi connectivity index (χ2v) is 4.26. The van der Waals surface area contributed by atoms with E-state index in [0.29, 0.717) is 6.42 Å². The molecule has 0 fully saturated rings. The summed E-state index contributed by atoms with van der Waals surface area (Å²) in [7, 11) is 0. The van der Waals surface area contributed by atoms with E-state index in [1.165, 1.54) is 0 Å². The summed E-state index contributed by atoms with van der Waals surface area (Å²) in [4.78, 5) is 19.0. The molecule has 3 rings (SSSR count). The molecule has 0 radical (unpaired) electrons. The molecule has 0 saturated heterocycles. The highest BCUT2D eigenvalue weighted by Crippen LogP contribution is 2.39. The van der Waals surface area contributed by atoms with Gasteiger partial charge in [-0.3, -0.25) is 4.79 Å². The van der Waals surface area contributed by atoms with Crippen molar-refractivity contribution in [3.63, 3.8) is 0 Å². The maximum absolute atomic E-state index is 11.7. The fraction of sp³-hybridized carbons (Fsp3) is 0.200. The average Bonchev–Trinajstić information content (AvgIpc) is 2.57. The van der Waals surface area contributed by atoms with Crippen LogP contribution in [0.4, 0.5) is 0 Å². The van der Waals surface area contributed by atoms with Crippen LogP contribution in [-0.4, -0.2) is 22.4 Å². The van der Waals surface area contributed by atoms with Gasteiger partial charge in [0, 0.05) is 24.1 Å². The monoisotopic (exact) mass is 204 g/mol. The van der Waals surface area contributed by atoms with E-state index in [9.17, 15) is 4.79 Å². The Morgan fingerprint density at radius 1 is 1.43 bits per heavy atom. The number of thioether (sulfide) groups is 1.